The molecule has 1 amide bonds. The molecule has 104 valence electrons. The van der Waals surface area contributed by atoms with E-state index in [-0.39, 0.29) is 11.9 Å². The molecule has 2 atom stereocenters. The minimum atomic E-state index is -0.932. The second-order valence-electron chi connectivity index (χ2n) is 4.69. The summed E-state index contributed by atoms with van der Waals surface area (Å²) in [5.74, 6) is -1.06. The van der Waals surface area contributed by atoms with Crippen LogP contribution in [0.4, 0.5) is 0 Å². The van der Waals surface area contributed by atoms with Crippen molar-refractivity contribution >= 4 is 11.9 Å². The number of benzene rings is 1. The molecule has 5 heteroatoms. The van der Waals surface area contributed by atoms with Gasteiger partial charge in [-0.1, -0.05) is 29.8 Å². The Morgan fingerprint density at radius 1 is 1.26 bits per heavy atom. The van der Waals surface area contributed by atoms with Gasteiger partial charge in [0.25, 0.3) is 0 Å². The lowest BCUT2D eigenvalue weighted by atomic mass is 10.1. The summed E-state index contributed by atoms with van der Waals surface area (Å²) in [5.41, 5.74) is 1.78. The third-order valence-electron chi connectivity index (χ3n) is 2.74. The number of amides is 1. The number of nitrogens with one attached hydrogen (secondary N) is 2. The first-order valence-electron chi connectivity index (χ1n) is 6.20. The van der Waals surface area contributed by atoms with Gasteiger partial charge in [-0.05, 0) is 19.4 Å². The van der Waals surface area contributed by atoms with Crippen molar-refractivity contribution in [2.45, 2.75) is 32.9 Å². The van der Waals surface area contributed by atoms with Crippen molar-refractivity contribution in [2.24, 2.45) is 0 Å². The number of carboxylic acid groups (broad SMARTS) is 1. The summed E-state index contributed by atoms with van der Waals surface area (Å²) in [7, 11) is 0. The predicted molar refractivity (Wildman–Crippen MR) is 72.8 cm³/mol. The Bertz CT molecular complexity index is 443. The Hall–Kier alpha value is -1.88. The van der Waals surface area contributed by atoms with Gasteiger partial charge in [-0.2, -0.15) is 0 Å². The van der Waals surface area contributed by atoms with Gasteiger partial charge in [-0.15, -0.1) is 0 Å². The second-order valence-corrected chi connectivity index (χ2v) is 4.69. The average molecular weight is 264 g/mol. The molecule has 3 N–H and O–H groups in total. The van der Waals surface area contributed by atoms with Crippen LogP contribution >= 0.6 is 0 Å². The molecular formula is C14H20N2O3. The first-order chi connectivity index (χ1) is 8.90. The van der Waals surface area contributed by atoms with Crippen molar-refractivity contribution in [3.05, 3.63) is 35.4 Å². The number of carbonyl (C=O) groups excluding carboxylic acids is 1. The third kappa shape index (κ3) is 5.09. The van der Waals surface area contributed by atoms with Crippen LogP contribution in [0.15, 0.2) is 24.3 Å². The van der Waals surface area contributed by atoms with E-state index < -0.39 is 12.0 Å². The summed E-state index contributed by atoms with van der Waals surface area (Å²) in [4.78, 5) is 22.2. The Balaban J connectivity index is 2.66. The summed E-state index contributed by atoms with van der Waals surface area (Å²) >= 11 is 0. The number of hydrogen-bond acceptors (Lipinski definition) is 3. The van der Waals surface area contributed by atoms with Crippen molar-refractivity contribution in [1.82, 2.24) is 10.6 Å². The fourth-order valence-electron chi connectivity index (χ4n) is 1.80. The topological polar surface area (TPSA) is 78.4 Å². The maximum Gasteiger partial charge on any atom is 0.325 e. The van der Waals surface area contributed by atoms with E-state index >= 15 is 0 Å². The molecule has 1 aromatic rings. The van der Waals surface area contributed by atoms with Gasteiger partial charge in [0.05, 0.1) is 0 Å². The summed E-state index contributed by atoms with van der Waals surface area (Å²) in [5, 5.41) is 14.9. The largest absolute Gasteiger partial charge is 0.480 e. The van der Waals surface area contributed by atoms with Crippen LogP contribution < -0.4 is 10.6 Å². The molecule has 1 rings (SSSR count). The summed E-state index contributed by atoms with van der Waals surface area (Å²) in [6.45, 7) is 5.60. The molecule has 0 aliphatic carbocycles. The number of carbonyl (C=O) groups is 2. The molecule has 0 bridgehead atoms. The highest BCUT2D eigenvalue weighted by atomic mass is 16.4. The highest BCUT2D eigenvalue weighted by molar-refractivity contribution is 5.75. The molecule has 5 nitrogen and oxygen atoms in total. The molecule has 0 aromatic heterocycles. The van der Waals surface area contributed by atoms with E-state index in [2.05, 4.69) is 10.6 Å². The van der Waals surface area contributed by atoms with Crippen LogP contribution in [0.25, 0.3) is 0 Å². The number of rotatable bonds is 6. The Labute approximate surface area is 113 Å². The van der Waals surface area contributed by atoms with Gasteiger partial charge in [0, 0.05) is 19.5 Å². The van der Waals surface area contributed by atoms with E-state index in [1.165, 1.54) is 6.92 Å². The van der Waals surface area contributed by atoms with Crippen LogP contribution in [-0.4, -0.2) is 29.6 Å². The van der Waals surface area contributed by atoms with Gasteiger partial charge in [-0.3, -0.25) is 14.9 Å². The van der Waals surface area contributed by atoms with Gasteiger partial charge in [0.15, 0.2) is 0 Å². The molecule has 0 heterocycles. The zero-order valence-electron chi connectivity index (χ0n) is 11.4. The fraction of sp³-hybridized carbons (Fsp3) is 0.429. The molecule has 0 fully saturated rings. The Morgan fingerprint density at radius 3 is 2.32 bits per heavy atom. The van der Waals surface area contributed by atoms with Crippen molar-refractivity contribution < 1.29 is 14.7 Å². The van der Waals surface area contributed by atoms with Gasteiger partial charge >= 0.3 is 5.97 Å². The molecule has 0 aliphatic heterocycles. The van der Waals surface area contributed by atoms with Crippen molar-refractivity contribution in [3.63, 3.8) is 0 Å². The van der Waals surface area contributed by atoms with E-state index in [9.17, 15) is 14.7 Å². The lowest BCUT2D eigenvalue weighted by Gasteiger charge is -2.19. The predicted octanol–water partition coefficient (Wildman–Crippen LogP) is 1.23. The quantitative estimate of drug-likeness (QED) is 0.722. The van der Waals surface area contributed by atoms with Crippen LogP contribution in [0.1, 0.15) is 31.0 Å². The molecule has 0 aliphatic rings. The van der Waals surface area contributed by atoms with Crippen molar-refractivity contribution in [2.75, 3.05) is 6.54 Å². The zero-order chi connectivity index (χ0) is 14.4. The van der Waals surface area contributed by atoms with Gasteiger partial charge in [-0.25, -0.2) is 0 Å². The van der Waals surface area contributed by atoms with Crippen molar-refractivity contribution in [1.29, 1.82) is 0 Å². The zero-order valence-corrected chi connectivity index (χ0v) is 11.4. The van der Waals surface area contributed by atoms with Crippen LogP contribution in [0, 0.1) is 6.92 Å². The van der Waals surface area contributed by atoms with Crippen LogP contribution in [-0.2, 0) is 9.59 Å². The first kappa shape index (κ1) is 15.2. The summed E-state index contributed by atoms with van der Waals surface area (Å²) < 4.78 is 0. The van der Waals surface area contributed by atoms with Crippen LogP contribution in [0.3, 0.4) is 0 Å². The Kier molecular flexibility index (Phi) is 5.51. The minimum absolute atomic E-state index is 0.121. The number of aryl methyl sites for hydroxylation is 1. The molecule has 19 heavy (non-hydrogen) atoms. The van der Waals surface area contributed by atoms with Gasteiger partial charge < -0.3 is 10.4 Å². The standard InChI is InChI=1S/C14H20N2O3/c1-9-4-6-12(7-5-9)13(14(18)19)15-8-10(2)16-11(3)17/h4-7,10,13,15H,8H2,1-3H3,(H,16,17)(H,18,19). The maximum atomic E-state index is 11.3. The van der Waals surface area contributed by atoms with E-state index in [4.69, 9.17) is 0 Å². The summed E-state index contributed by atoms with van der Waals surface area (Å²) in [6.07, 6.45) is 0. The van der Waals surface area contributed by atoms with Crippen LogP contribution in [0.5, 0.6) is 0 Å². The number of carboxylic acids is 1. The maximum absolute atomic E-state index is 11.3. The SMILES string of the molecule is CC(=O)NC(C)CNC(C(=O)O)c1ccc(C)cc1. The van der Waals surface area contributed by atoms with Gasteiger partial charge in [0.2, 0.25) is 5.91 Å². The molecule has 2 unspecified atom stereocenters. The molecular weight excluding hydrogens is 244 g/mol. The van der Waals surface area contributed by atoms with E-state index in [1.54, 1.807) is 12.1 Å². The monoisotopic (exact) mass is 264 g/mol. The lowest BCUT2D eigenvalue weighted by Crippen LogP contribution is -2.41. The summed E-state index contributed by atoms with van der Waals surface area (Å²) in [6, 6.07) is 6.46. The van der Waals surface area contributed by atoms with E-state index in [0.717, 1.165) is 5.56 Å². The molecule has 0 radical (unpaired) electrons. The van der Waals surface area contributed by atoms with E-state index in [1.807, 2.05) is 26.0 Å². The van der Waals surface area contributed by atoms with Gasteiger partial charge in [0.1, 0.15) is 6.04 Å². The van der Waals surface area contributed by atoms with E-state index in [0.29, 0.717) is 12.1 Å². The first-order valence-corrected chi connectivity index (χ1v) is 6.20. The third-order valence-corrected chi connectivity index (χ3v) is 2.74. The average Bonchev–Trinajstić information content (AvgIpc) is 2.30. The van der Waals surface area contributed by atoms with Crippen LogP contribution in [0.2, 0.25) is 0 Å². The lowest BCUT2D eigenvalue weighted by molar-refractivity contribution is -0.139. The highest BCUT2D eigenvalue weighted by Gasteiger charge is 2.19. The molecule has 1 aromatic carbocycles. The molecule has 0 saturated carbocycles. The smallest absolute Gasteiger partial charge is 0.325 e. The molecule has 0 spiro atoms. The highest BCUT2D eigenvalue weighted by Crippen LogP contribution is 2.14. The Morgan fingerprint density at radius 2 is 1.84 bits per heavy atom. The van der Waals surface area contributed by atoms with Crippen molar-refractivity contribution in [3.8, 4) is 0 Å². The molecule has 0 saturated heterocycles. The normalized spacial score (nSPS) is 13.6. The fourth-order valence-corrected chi connectivity index (χ4v) is 1.80. The second kappa shape index (κ2) is 6.89. The number of hydrogen-bond donors (Lipinski definition) is 3. The minimum Gasteiger partial charge on any atom is -0.480 e. The number of aliphatic carboxylic acids is 1.